The summed E-state index contributed by atoms with van der Waals surface area (Å²) < 4.78 is 39.7. The van der Waals surface area contributed by atoms with Crippen molar-refractivity contribution in [3.63, 3.8) is 0 Å². The van der Waals surface area contributed by atoms with Gasteiger partial charge in [-0.3, -0.25) is 23.4 Å². The van der Waals surface area contributed by atoms with E-state index in [-0.39, 0.29) is 25.9 Å². The van der Waals surface area contributed by atoms with Gasteiger partial charge in [-0.2, -0.15) is 0 Å². The lowest BCUT2D eigenvalue weighted by atomic mass is 10.0. The lowest BCUT2D eigenvalue weighted by molar-refractivity contribution is -0.161. The first-order chi connectivity index (χ1) is 39.2. The van der Waals surface area contributed by atoms with Crippen molar-refractivity contribution in [2.75, 3.05) is 26.4 Å². The number of aliphatic hydroxyl groups excluding tert-OH is 1. The summed E-state index contributed by atoms with van der Waals surface area (Å²) in [5, 5.41) is 9.87. The molecule has 0 amide bonds. The zero-order valence-electron chi connectivity index (χ0n) is 51.8. The van der Waals surface area contributed by atoms with Crippen LogP contribution in [0.1, 0.15) is 316 Å². The lowest BCUT2D eigenvalue weighted by Gasteiger charge is -2.21. The monoisotopic (exact) mass is 1150 g/mol. The van der Waals surface area contributed by atoms with Crippen molar-refractivity contribution in [1.82, 2.24) is 0 Å². The van der Waals surface area contributed by atoms with Gasteiger partial charge in [-0.25, -0.2) is 4.57 Å². The first-order valence-corrected chi connectivity index (χ1v) is 34.7. The maximum absolute atomic E-state index is 13.0. The van der Waals surface area contributed by atoms with Gasteiger partial charge in [-0.1, -0.05) is 274 Å². The Hall–Kier alpha value is -2.82. The number of hydrogen-bond acceptors (Lipinski definition) is 10. The van der Waals surface area contributed by atoms with E-state index in [0.717, 1.165) is 103 Å². The Balaban J connectivity index is 4.66. The van der Waals surface area contributed by atoms with Gasteiger partial charge in [-0.05, 0) is 83.5 Å². The highest BCUT2D eigenvalue weighted by atomic mass is 31.2. The molecule has 0 aromatic rings. The number of carbonyl (C=O) groups is 3. The third-order valence-electron chi connectivity index (χ3n) is 14.4. The van der Waals surface area contributed by atoms with E-state index in [1.54, 1.807) is 0 Å². The number of phosphoric ester groups is 1. The summed E-state index contributed by atoms with van der Waals surface area (Å²) in [5.74, 6) is -1.46. The van der Waals surface area contributed by atoms with Crippen LogP contribution >= 0.6 is 7.82 Å². The van der Waals surface area contributed by atoms with Gasteiger partial charge >= 0.3 is 25.7 Å². The first-order valence-electron chi connectivity index (χ1n) is 33.2. The third-order valence-corrected chi connectivity index (χ3v) is 15.4. The molecule has 11 nitrogen and oxygen atoms in total. The molecule has 0 aliphatic heterocycles. The fourth-order valence-electron chi connectivity index (χ4n) is 9.40. The highest BCUT2D eigenvalue weighted by Crippen LogP contribution is 2.43. The molecule has 80 heavy (non-hydrogen) atoms. The molecule has 0 aliphatic carbocycles. The van der Waals surface area contributed by atoms with Gasteiger partial charge in [0.05, 0.1) is 19.8 Å². The zero-order chi connectivity index (χ0) is 58.3. The Morgan fingerprint density at radius 2 is 0.650 bits per heavy atom. The van der Waals surface area contributed by atoms with Gasteiger partial charge in [0.15, 0.2) is 6.10 Å². The third kappa shape index (κ3) is 59.8. The van der Waals surface area contributed by atoms with Crippen LogP contribution < -0.4 is 0 Å². The molecule has 3 atom stereocenters. The molecule has 0 heterocycles. The number of ether oxygens (including phenoxy) is 3. The van der Waals surface area contributed by atoms with Crippen molar-refractivity contribution in [1.29, 1.82) is 0 Å². The summed E-state index contributed by atoms with van der Waals surface area (Å²) in [4.78, 5) is 48.8. The maximum Gasteiger partial charge on any atom is 0.472 e. The van der Waals surface area contributed by atoms with E-state index in [4.69, 9.17) is 23.3 Å². The van der Waals surface area contributed by atoms with Gasteiger partial charge in [0.2, 0.25) is 0 Å². The van der Waals surface area contributed by atoms with E-state index in [2.05, 4.69) is 81.5 Å². The summed E-state index contributed by atoms with van der Waals surface area (Å²) in [6.45, 7) is 4.57. The van der Waals surface area contributed by atoms with E-state index in [9.17, 15) is 28.9 Å². The Morgan fingerprint density at radius 1 is 0.362 bits per heavy atom. The second-order valence-corrected chi connectivity index (χ2v) is 23.7. The van der Waals surface area contributed by atoms with Gasteiger partial charge in [0.1, 0.15) is 12.7 Å². The minimum atomic E-state index is -4.76. The van der Waals surface area contributed by atoms with Crippen molar-refractivity contribution in [3.8, 4) is 0 Å². The quantitative estimate of drug-likeness (QED) is 0.0197. The smallest absolute Gasteiger partial charge is 0.462 e. The largest absolute Gasteiger partial charge is 0.472 e. The number of rotatable bonds is 62. The van der Waals surface area contributed by atoms with Crippen molar-refractivity contribution in [2.24, 2.45) is 0 Å². The van der Waals surface area contributed by atoms with Crippen LogP contribution in [-0.4, -0.2) is 66.5 Å². The molecule has 0 spiro atoms. The highest BCUT2D eigenvalue weighted by molar-refractivity contribution is 7.47. The Kier molecular flexibility index (Phi) is 60.0. The zero-order valence-corrected chi connectivity index (χ0v) is 52.7. The van der Waals surface area contributed by atoms with Gasteiger partial charge in [0.25, 0.3) is 0 Å². The normalized spacial score (nSPS) is 13.6. The molecule has 0 aromatic heterocycles. The van der Waals surface area contributed by atoms with Crippen LogP contribution in [0, 0.1) is 0 Å². The average molecular weight is 1150 g/mol. The summed E-state index contributed by atoms with van der Waals surface area (Å²) in [5.41, 5.74) is 0. The van der Waals surface area contributed by atoms with Crippen LogP contribution in [0.5, 0.6) is 0 Å². The number of hydrogen-bond donors (Lipinski definition) is 2. The topological polar surface area (TPSA) is 155 Å². The molecule has 2 N–H and O–H groups in total. The van der Waals surface area contributed by atoms with Gasteiger partial charge in [0, 0.05) is 19.3 Å². The predicted octanol–water partition coefficient (Wildman–Crippen LogP) is 20.3. The molecule has 466 valence electrons. The van der Waals surface area contributed by atoms with Crippen LogP contribution in [0.15, 0.2) is 60.8 Å². The second-order valence-electron chi connectivity index (χ2n) is 22.3. The van der Waals surface area contributed by atoms with E-state index < -0.39 is 57.8 Å². The Bertz CT molecular complexity index is 1570. The predicted molar refractivity (Wildman–Crippen MR) is 335 cm³/mol. The molecule has 0 radical (unpaired) electrons. The van der Waals surface area contributed by atoms with Crippen LogP contribution in [0.3, 0.4) is 0 Å². The number of allylic oxidation sites excluding steroid dienone is 10. The lowest BCUT2D eigenvalue weighted by Crippen LogP contribution is -2.30. The fourth-order valence-corrected chi connectivity index (χ4v) is 10.2. The highest BCUT2D eigenvalue weighted by Gasteiger charge is 2.28. The van der Waals surface area contributed by atoms with E-state index in [0.29, 0.717) is 19.3 Å². The van der Waals surface area contributed by atoms with Crippen LogP contribution in [0.4, 0.5) is 0 Å². The minimum absolute atomic E-state index is 0.153. The summed E-state index contributed by atoms with van der Waals surface area (Å²) in [7, 11) is -4.76. The molecular weight excluding hydrogens is 1020 g/mol. The van der Waals surface area contributed by atoms with Crippen LogP contribution in [0.2, 0.25) is 0 Å². The first kappa shape index (κ1) is 77.2. The van der Waals surface area contributed by atoms with Crippen LogP contribution in [-0.2, 0) is 42.2 Å². The summed E-state index contributed by atoms with van der Waals surface area (Å²) >= 11 is 0. The molecule has 0 fully saturated rings. The summed E-state index contributed by atoms with van der Waals surface area (Å²) in [6, 6.07) is 0. The van der Waals surface area contributed by atoms with Crippen molar-refractivity contribution < 1.29 is 52.2 Å². The molecule has 0 saturated heterocycles. The molecule has 0 saturated carbocycles. The summed E-state index contributed by atoms with van der Waals surface area (Å²) in [6.07, 6.45) is 70.2. The molecule has 0 rings (SSSR count). The van der Waals surface area contributed by atoms with E-state index in [1.165, 1.54) is 154 Å². The number of carbonyl (C=O) groups excluding carboxylic acids is 3. The van der Waals surface area contributed by atoms with E-state index in [1.807, 2.05) is 0 Å². The number of aliphatic hydroxyl groups is 1. The fraction of sp³-hybridized carbons (Fsp3) is 0.809. The molecule has 0 aromatic carbocycles. The van der Waals surface area contributed by atoms with Crippen LogP contribution in [0.25, 0.3) is 0 Å². The second kappa shape index (κ2) is 62.2. The number of esters is 3. The molecule has 0 bridgehead atoms. The average Bonchev–Trinajstić information content (AvgIpc) is 3.45. The van der Waals surface area contributed by atoms with Gasteiger partial charge < -0.3 is 24.2 Å². The van der Waals surface area contributed by atoms with Crippen molar-refractivity contribution in [3.05, 3.63) is 60.8 Å². The minimum Gasteiger partial charge on any atom is -0.462 e. The maximum atomic E-state index is 13.0. The molecule has 3 unspecified atom stereocenters. The Labute approximate surface area is 491 Å². The molecule has 0 aliphatic rings. The van der Waals surface area contributed by atoms with E-state index >= 15 is 0 Å². The van der Waals surface area contributed by atoms with Crippen molar-refractivity contribution >= 4 is 25.7 Å². The van der Waals surface area contributed by atoms with Crippen molar-refractivity contribution in [2.45, 2.75) is 328 Å². The van der Waals surface area contributed by atoms with Gasteiger partial charge in [-0.15, -0.1) is 0 Å². The molecular formula is C68H123O11P. The SMILES string of the molecule is CC/C=C\C/C=C\C/C=C\C/C=C\CCCCCCCCC(=O)OC(COC(=O)CCCCCCCCCCCCCCCCC)COP(=O)(O)OCC(CO)OC(=O)CCCCCCCCCCC/C=C\CCCCCCCC. The standard InChI is InChI=1S/C68H123O11P/c1-4-7-10-13-16-19-22-25-28-30-32-34-37-40-43-46-49-52-55-58-67(71)78-64(60-69)62-76-80(73,74)77-63-65(61-75-66(70)57-54-51-48-45-42-39-36-27-24-21-18-15-12-9-6-3)79-68(72)59-56-53-50-47-44-41-38-35-33-31-29-26-23-20-17-14-11-8-5-2/h8,11,17,20,25-26,28-29,33,35,64-65,69H,4-7,9-10,12-16,18-19,21-24,27,30-32,34,36-63H2,1-3H3,(H,73,74)/b11-8-,20-17-,28-25-,29-26-,35-33-. The molecule has 12 heteroatoms. The Morgan fingerprint density at radius 3 is 1.01 bits per heavy atom. The number of phosphoric acid groups is 1. The number of unbranched alkanes of at least 4 members (excludes halogenated alkanes) is 35.